The Morgan fingerprint density at radius 1 is 0.875 bits per heavy atom. The van der Waals surface area contributed by atoms with Gasteiger partial charge in [-0.05, 0) is 45.7 Å². The van der Waals surface area contributed by atoms with Gasteiger partial charge in [-0.3, -0.25) is 0 Å². The maximum absolute atomic E-state index is 5.78. The third-order valence-corrected chi connectivity index (χ3v) is 2.42. The molecule has 4 heteroatoms. The van der Waals surface area contributed by atoms with Crippen LogP contribution in [0.4, 0.5) is 0 Å². The van der Waals surface area contributed by atoms with Crippen LogP contribution in [0.3, 0.4) is 0 Å². The van der Waals surface area contributed by atoms with E-state index in [1.807, 2.05) is 0 Å². The van der Waals surface area contributed by atoms with E-state index in [9.17, 15) is 0 Å². The molecule has 0 bridgehead atoms. The van der Waals surface area contributed by atoms with E-state index in [0.717, 1.165) is 32.5 Å². The normalized spacial score (nSPS) is 15.0. The van der Waals surface area contributed by atoms with E-state index in [1.165, 1.54) is 0 Å². The van der Waals surface area contributed by atoms with Crippen LogP contribution in [0.15, 0.2) is 0 Å². The van der Waals surface area contributed by atoms with E-state index in [4.69, 9.17) is 11.5 Å². The highest BCUT2D eigenvalue weighted by Gasteiger charge is 2.08. The lowest BCUT2D eigenvalue weighted by Crippen LogP contribution is -2.35. The molecule has 0 fully saturated rings. The fourth-order valence-corrected chi connectivity index (χ4v) is 1.58. The van der Waals surface area contributed by atoms with Crippen molar-refractivity contribution in [3.05, 3.63) is 0 Å². The fourth-order valence-electron chi connectivity index (χ4n) is 1.58. The van der Waals surface area contributed by atoms with Crippen molar-refractivity contribution in [3.63, 3.8) is 0 Å². The molecule has 0 aromatic heterocycles. The zero-order chi connectivity index (χ0) is 11.8. The lowest BCUT2D eigenvalue weighted by Gasteiger charge is -2.25. The van der Waals surface area contributed by atoms with Crippen LogP contribution in [0.25, 0.3) is 0 Å². The van der Waals surface area contributed by atoms with Crippen molar-refractivity contribution in [1.29, 1.82) is 0 Å². The molecule has 0 unspecified atom stereocenters. The van der Waals surface area contributed by atoms with E-state index < -0.39 is 0 Å². The van der Waals surface area contributed by atoms with Crippen molar-refractivity contribution >= 4 is 12.4 Å². The Morgan fingerprint density at radius 3 is 1.50 bits per heavy atom. The lowest BCUT2D eigenvalue weighted by atomic mass is 10.1. The van der Waals surface area contributed by atoms with Gasteiger partial charge >= 0.3 is 0 Å². The van der Waals surface area contributed by atoms with Crippen molar-refractivity contribution in [3.8, 4) is 0 Å². The average Bonchev–Trinajstić information content (AvgIpc) is 2.08. The zero-order valence-electron chi connectivity index (χ0n) is 11.3. The molecule has 0 heterocycles. The summed E-state index contributed by atoms with van der Waals surface area (Å²) in [7, 11) is 0. The second-order valence-corrected chi connectivity index (χ2v) is 5.23. The molecular formula is C12H30ClN3. The Morgan fingerprint density at radius 2 is 1.25 bits per heavy atom. The Hall–Kier alpha value is 0.170. The number of hydrogen-bond acceptors (Lipinski definition) is 3. The summed E-state index contributed by atoms with van der Waals surface area (Å²) in [4.78, 5) is 2.48. The quantitative estimate of drug-likeness (QED) is 0.692. The Labute approximate surface area is 107 Å². The standard InChI is InChI=1S/C12H29N3.ClH/c1-10(2)9-15(7-5-11(3)13)8-6-12(4)14;/h10-12H,5-9,13-14H2,1-4H3;1H/t11-,12-;/m1./s1. The van der Waals surface area contributed by atoms with Crippen LogP contribution in [0, 0.1) is 5.92 Å². The van der Waals surface area contributed by atoms with Crippen molar-refractivity contribution in [2.75, 3.05) is 19.6 Å². The van der Waals surface area contributed by atoms with E-state index in [2.05, 4.69) is 32.6 Å². The average molecular weight is 252 g/mol. The summed E-state index contributed by atoms with van der Waals surface area (Å²) < 4.78 is 0. The number of nitrogens with zero attached hydrogens (tertiary/aromatic N) is 1. The maximum Gasteiger partial charge on any atom is 0.00226 e. The lowest BCUT2D eigenvalue weighted by molar-refractivity contribution is 0.230. The van der Waals surface area contributed by atoms with E-state index in [1.54, 1.807) is 0 Å². The second kappa shape index (κ2) is 10.3. The summed E-state index contributed by atoms with van der Waals surface area (Å²) in [6, 6.07) is 0.602. The predicted molar refractivity (Wildman–Crippen MR) is 75.1 cm³/mol. The third kappa shape index (κ3) is 12.2. The predicted octanol–water partition coefficient (Wildman–Crippen LogP) is 1.84. The van der Waals surface area contributed by atoms with Gasteiger partial charge in [0.1, 0.15) is 0 Å². The molecule has 0 radical (unpaired) electrons. The molecule has 100 valence electrons. The largest absolute Gasteiger partial charge is 0.328 e. The van der Waals surface area contributed by atoms with Crippen LogP contribution in [0.5, 0.6) is 0 Å². The number of rotatable bonds is 8. The summed E-state index contributed by atoms with van der Waals surface area (Å²) in [6.45, 7) is 12.0. The number of halogens is 1. The highest BCUT2D eigenvalue weighted by atomic mass is 35.5. The number of hydrogen-bond donors (Lipinski definition) is 2. The van der Waals surface area contributed by atoms with Gasteiger partial charge < -0.3 is 16.4 Å². The molecule has 0 spiro atoms. The van der Waals surface area contributed by atoms with Crippen LogP contribution in [-0.2, 0) is 0 Å². The third-order valence-electron chi connectivity index (χ3n) is 2.42. The maximum atomic E-state index is 5.78. The van der Waals surface area contributed by atoms with Crippen molar-refractivity contribution in [2.24, 2.45) is 17.4 Å². The molecule has 16 heavy (non-hydrogen) atoms. The molecule has 4 N–H and O–H groups in total. The Balaban J connectivity index is 0. The molecule has 0 saturated carbocycles. The minimum Gasteiger partial charge on any atom is -0.328 e. The summed E-state index contributed by atoms with van der Waals surface area (Å²) in [5, 5.41) is 0. The summed E-state index contributed by atoms with van der Waals surface area (Å²) in [5.41, 5.74) is 11.6. The van der Waals surface area contributed by atoms with Crippen molar-refractivity contribution in [1.82, 2.24) is 4.90 Å². The van der Waals surface area contributed by atoms with Gasteiger partial charge in [-0.1, -0.05) is 13.8 Å². The van der Waals surface area contributed by atoms with Crippen LogP contribution in [0.1, 0.15) is 40.5 Å². The molecule has 3 nitrogen and oxygen atoms in total. The van der Waals surface area contributed by atoms with Crippen molar-refractivity contribution in [2.45, 2.75) is 52.6 Å². The molecule has 0 aliphatic carbocycles. The highest BCUT2D eigenvalue weighted by molar-refractivity contribution is 5.85. The van der Waals surface area contributed by atoms with E-state index in [0.29, 0.717) is 18.0 Å². The first-order chi connectivity index (χ1) is 6.91. The van der Waals surface area contributed by atoms with Crippen LogP contribution in [0.2, 0.25) is 0 Å². The first-order valence-electron chi connectivity index (χ1n) is 6.15. The highest BCUT2D eigenvalue weighted by Crippen LogP contribution is 2.03. The molecule has 0 rings (SSSR count). The first kappa shape index (κ1) is 18.5. The molecule has 0 saturated heterocycles. The minimum atomic E-state index is 0. The van der Waals surface area contributed by atoms with E-state index >= 15 is 0 Å². The van der Waals surface area contributed by atoms with Gasteiger partial charge in [-0.2, -0.15) is 0 Å². The van der Waals surface area contributed by atoms with E-state index in [-0.39, 0.29) is 12.4 Å². The topological polar surface area (TPSA) is 55.3 Å². The van der Waals surface area contributed by atoms with Gasteiger partial charge in [-0.15, -0.1) is 12.4 Å². The number of nitrogens with two attached hydrogens (primary N) is 2. The first-order valence-corrected chi connectivity index (χ1v) is 6.15. The van der Waals surface area contributed by atoms with Crippen LogP contribution < -0.4 is 11.5 Å². The molecule has 0 amide bonds. The molecule has 0 aliphatic rings. The fraction of sp³-hybridized carbons (Fsp3) is 1.00. The smallest absolute Gasteiger partial charge is 0.00226 e. The summed E-state index contributed by atoms with van der Waals surface area (Å²) in [5.74, 6) is 0.714. The molecule has 0 aromatic carbocycles. The van der Waals surface area contributed by atoms with Gasteiger partial charge in [-0.25, -0.2) is 0 Å². The van der Waals surface area contributed by atoms with Gasteiger partial charge in [0.2, 0.25) is 0 Å². The van der Waals surface area contributed by atoms with Crippen LogP contribution in [-0.4, -0.2) is 36.6 Å². The van der Waals surface area contributed by atoms with Gasteiger partial charge in [0, 0.05) is 18.6 Å². The molecule has 0 aromatic rings. The molecule has 0 aliphatic heterocycles. The monoisotopic (exact) mass is 251 g/mol. The molecular weight excluding hydrogens is 222 g/mol. The Kier molecular flexibility index (Phi) is 12.0. The zero-order valence-corrected chi connectivity index (χ0v) is 12.1. The van der Waals surface area contributed by atoms with Gasteiger partial charge in [0.15, 0.2) is 0 Å². The summed E-state index contributed by atoms with van der Waals surface area (Å²) >= 11 is 0. The van der Waals surface area contributed by atoms with Crippen molar-refractivity contribution < 1.29 is 0 Å². The van der Waals surface area contributed by atoms with Crippen LogP contribution >= 0.6 is 12.4 Å². The molecule has 2 atom stereocenters. The minimum absolute atomic E-state index is 0. The summed E-state index contributed by atoms with van der Waals surface area (Å²) in [6.07, 6.45) is 2.15. The van der Waals surface area contributed by atoms with Gasteiger partial charge in [0.25, 0.3) is 0 Å². The SMILES string of the molecule is CC(C)CN(CC[C@@H](C)N)CC[C@@H](C)N.Cl. The second-order valence-electron chi connectivity index (χ2n) is 5.23. The Bertz CT molecular complexity index is 137. The van der Waals surface area contributed by atoms with Gasteiger partial charge in [0.05, 0.1) is 0 Å².